The van der Waals surface area contributed by atoms with E-state index in [1.54, 1.807) is 0 Å². The summed E-state index contributed by atoms with van der Waals surface area (Å²) in [5.41, 5.74) is 7.22. The first-order valence-corrected chi connectivity index (χ1v) is 6.83. The van der Waals surface area contributed by atoms with Crippen molar-refractivity contribution < 1.29 is 0 Å². The summed E-state index contributed by atoms with van der Waals surface area (Å²) in [7, 11) is 0. The third-order valence-corrected chi connectivity index (χ3v) is 3.66. The van der Waals surface area contributed by atoms with E-state index in [0.717, 1.165) is 6.42 Å². The second-order valence-electron chi connectivity index (χ2n) is 5.14. The average molecular weight is 246 g/mol. The fraction of sp³-hybridized carbons (Fsp3) is 0.158. The molecule has 0 heterocycles. The number of fused-ring (bicyclic) bond motifs is 3. The van der Waals surface area contributed by atoms with Crippen molar-refractivity contribution >= 4 is 0 Å². The maximum absolute atomic E-state index is 2.22. The lowest BCUT2D eigenvalue weighted by molar-refractivity contribution is 1.25. The van der Waals surface area contributed by atoms with Crippen LogP contribution in [0.2, 0.25) is 0 Å². The molecule has 94 valence electrons. The van der Waals surface area contributed by atoms with Gasteiger partial charge in [0.15, 0.2) is 0 Å². The van der Waals surface area contributed by atoms with Gasteiger partial charge >= 0.3 is 0 Å². The van der Waals surface area contributed by atoms with Gasteiger partial charge in [-0.2, -0.15) is 0 Å². The highest BCUT2D eigenvalue weighted by Crippen LogP contribution is 2.35. The third kappa shape index (κ3) is 2.53. The van der Waals surface area contributed by atoms with Crippen LogP contribution in [0.3, 0.4) is 0 Å². The van der Waals surface area contributed by atoms with Gasteiger partial charge in [0.25, 0.3) is 0 Å². The number of hydrogen-bond acceptors (Lipinski definition) is 0. The summed E-state index contributed by atoms with van der Waals surface area (Å²) < 4.78 is 0. The Morgan fingerprint density at radius 1 is 0.789 bits per heavy atom. The Morgan fingerprint density at radius 2 is 1.37 bits per heavy atom. The van der Waals surface area contributed by atoms with Crippen LogP contribution < -0.4 is 0 Å². The van der Waals surface area contributed by atoms with Crippen LogP contribution in [0.4, 0.5) is 0 Å². The van der Waals surface area contributed by atoms with Crippen molar-refractivity contribution in [2.45, 2.75) is 19.8 Å². The largest absolute Gasteiger partial charge is 0.0805 e. The molecule has 2 aliphatic rings. The molecule has 2 aromatic carbocycles. The minimum Gasteiger partial charge on any atom is -0.0805 e. The monoisotopic (exact) mass is 246 g/mol. The highest BCUT2D eigenvalue weighted by molar-refractivity contribution is 5.76. The third-order valence-electron chi connectivity index (χ3n) is 3.66. The Morgan fingerprint density at radius 3 is 1.79 bits per heavy atom. The smallest absolute Gasteiger partial charge is 0.00135 e. The first kappa shape index (κ1) is 12.0. The summed E-state index contributed by atoms with van der Waals surface area (Å²) in [6, 6.07) is 17.3. The summed E-state index contributed by atoms with van der Waals surface area (Å²) in [5.74, 6) is 0. The number of allylic oxidation sites excluding steroid dienone is 4. The molecule has 0 atom stereocenters. The van der Waals surface area contributed by atoms with Gasteiger partial charge in [-0.15, -0.1) is 0 Å². The van der Waals surface area contributed by atoms with E-state index >= 15 is 0 Å². The van der Waals surface area contributed by atoms with E-state index in [4.69, 9.17) is 0 Å². The fourth-order valence-electron chi connectivity index (χ4n) is 2.63. The molecule has 0 spiro atoms. The van der Waals surface area contributed by atoms with Gasteiger partial charge in [-0.25, -0.2) is 0 Å². The van der Waals surface area contributed by atoms with Gasteiger partial charge in [-0.3, -0.25) is 0 Å². The predicted molar refractivity (Wildman–Crippen MR) is 82.2 cm³/mol. The van der Waals surface area contributed by atoms with Crippen molar-refractivity contribution in [2.75, 3.05) is 0 Å². The van der Waals surface area contributed by atoms with Gasteiger partial charge in [0, 0.05) is 0 Å². The van der Waals surface area contributed by atoms with E-state index in [2.05, 4.69) is 73.7 Å². The fourth-order valence-corrected chi connectivity index (χ4v) is 2.63. The topological polar surface area (TPSA) is 0 Å². The molecule has 0 aliphatic heterocycles. The molecule has 19 heavy (non-hydrogen) atoms. The number of hydrogen-bond donors (Lipinski definition) is 0. The molecule has 2 aliphatic carbocycles. The molecular formula is C19H18. The van der Waals surface area contributed by atoms with E-state index in [1.165, 1.54) is 34.2 Å². The van der Waals surface area contributed by atoms with E-state index in [1.807, 2.05) is 0 Å². The highest BCUT2D eigenvalue weighted by Gasteiger charge is 2.15. The lowest BCUT2D eigenvalue weighted by atomic mass is 10.1. The molecule has 0 unspecified atom stereocenters. The van der Waals surface area contributed by atoms with Crippen molar-refractivity contribution in [3.63, 3.8) is 0 Å². The molecule has 0 aromatic heterocycles. The molecule has 0 fully saturated rings. The molecule has 4 rings (SSSR count). The maximum Gasteiger partial charge on any atom is -0.00135 e. The normalized spacial score (nSPS) is 14.3. The van der Waals surface area contributed by atoms with E-state index < -0.39 is 0 Å². The zero-order valence-corrected chi connectivity index (χ0v) is 11.3. The second kappa shape index (κ2) is 5.27. The van der Waals surface area contributed by atoms with Gasteiger partial charge < -0.3 is 0 Å². The summed E-state index contributed by atoms with van der Waals surface area (Å²) in [5, 5.41) is 0. The van der Waals surface area contributed by atoms with Gasteiger partial charge in [-0.05, 0) is 42.0 Å². The van der Waals surface area contributed by atoms with Crippen LogP contribution in [0.25, 0.3) is 11.1 Å². The average Bonchev–Trinajstić information content (AvgIpc) is 3.06. The molecule has 2 aromatic rings. The van der Waals surface area contributed by atoms with Crippen LogP contribution in [-0.4, -0.2) is 0 Å². The Labute approximate surface area is 115 Å². The Kier molecular flexibility index (Phi) is 3.33. The van der Waals surface area contributed by atoms with Crippen molar-refractivity contribution in [1.29, 1.82) is 0 Å². The number of benzene rings is 2. The summed E-state index contributed by atoms with van der Waals surface area (Å²) in [6.45, 7) is 2.14. The summed E-state index contributed by atoms with van der Waals surface area (Å²) in [4.78, 5) is 0. The minimum absolute atomic E-state index is 1.10. The molecule has 0 bridgehead atoms. The zero-order valence-electron chi connectivity index (χ0n) is 11.3. The highest BCUT2D eigenvalue weighted by atomic mass is 14.2. The van der Waals surface area contributed by atoms with E-state index in [-0.39, 0.29) is 0 Å². The molecule has 0 radical (unpaired) electrons. The van der Waals surface area contributed by atoms with Crippen LogP contribution in [0.5, 0.6) is 0 Å². The lowest BCUT2D eigenvalue weighted by Crippen LogP contribution is -1.77. The molecule has 0 saturated carbocycles. The molecule has 0 N–H and O–H groups in total. The van der Waals surface area contributed by atoms with Crippen molar-refractivity contribution in [1.82, 2.24) is 0 Å². The quantitative estimate of drug-likeness (QED) is 0.514. The summed E-state index contributed by atoms with van der Waals surface area (Å²) in [6.07, 6.45) is 8.66. The van der Waals surface area contributed by atoms with Crippen molar-refractivity contribution in [3.8, 4) is 11.1 Å². The van der Waals surface area contributed by atoms with Crippen LogP contribution in [-0.2, 0) is 6.42 Å². The lowest BCUT2D eigenvalue weighted by Gasteiger charge is -1.98. The van der Waals surface area contributed by atoms with Crippen LogP contribution in [0.15, 0.2) is 72.3 Å². The molecule has 0 nitrogen and oxygen atoms in total. The van der Waals surface area contributed by atoms with E-state index in [0.29, 0.717) is 0 Å². The predicted octanol–water partition coefficient (Wildman–Crippen LogP) is 5.15. The maximum atomic E-state index is 2.22. The summed E-state index contributed by atoms with van der Waals surface area (Å²) >= 11 is 0. The second-order valence-corrected chi connectivity index (χ2v) is 5.14. The van der Waals surface area contributed by atoms with Crippen molar-refractivity contribution in [2.24, 2.45) is 0 Å². The van der Waals surface area contributed by atoms with Gasteiger partial charge in [0.05, 0.1) is 0 Å². The Hall–Kier alpha value is -2.08. The van der Waals surface area contributed by atoms with Crippen LogP contribution >= 0.6 is 0 Å². The first-order valence-electron chi connectivity index (χ1n) is 6.83. The van der Waals surface area contributed by atoms with E-state index in [9.17, 15) is 0 Å². The Balaban J connectivity index is 0.000000155. The van der Waals surface area contributed by atoms with Crippen molar-refractivity contribution in [3.05, 3.63) is 83.5 Å². The van der Waals surface area contributed by atoms with Gasteiger partial charge in [0.1, 0.15) is 0 Å². The number of rotatable bonds is 0. The molecular weight excluding hydrogens is 228 g/mol. The first-order chi connectivity index (χ1) is 9.34. The SMILES string of the molecule is CC1=CC=CC1.c1ccc2c(c1)Cc1ccccc1-2. The van der Waals surface area contributed by atoms with Crippen LogP contribution in [0, 0.1) is 0 Å². The molecule has 0 saturated heterocycles. The molecule has 0 heteroatoms. The standard InChI is InChI=1S/C13H10.C6H8/c1-3-7-12-10(5-1)9-11-6-2-4-8-13(11)12;1-6-4-2-3-5-6/h1-8H,9H2;2-4H,5H2,1H3. The molecule has 0 amide bonds. The van der Waals surface area contributed by atoms with Crippen LogP contribution in [0.1, 0.15) is 24.5 Å². The van der Waals surface area contributed by atoms with Gasteiger partial charge in [-0.1, -0.05) is 72.3 Å². The van der Waals surface area contributed by atoms with Gasteiger partial charge in [0.2, 0.25) is 0 Å². The Bertz CT molecular complexity index is 601. The minimum atomic E-state index is 1.10. The zero-order chi connectivity index (χ0) is 13.1.